The van der Waals surface area contributed by atoms with Gasteiger partial charge >= 0.3 is 0 Å². The molecule has 0 bridgehead atoms. The van der Waals surface area contributed by atoms with Crippen LogP contribution in [0.5, 0.6) is 0 Å². The molecule has 2 unspecified atom stereocenters. The van der Waals surface area contributed by atoms with Crippen molar-refractivity contribution in [1.29, 1.82) is 0 Å². The van der Waals surface area contributed by atoms with Gasteiger partial charge in [-0.2, -0.15) is 0 Å². The molecule has 1 rings (SSSR count). The summed E-state index contributed by atoms with van der Waals surface area (Å²) in [5.74, 6) is -2.41. The van der Waals surface area contributed by atoms with E-state index in [4.69, 9.17) is 0 Å². The number of nitrogens with zero attached hydrogens (tertiary/aromatic N) is 2. The van der Waals surface area contributed by atoms with Crippen molar-refractivity contribution >= 4 is 23.6 Å². The Hall–Kier alpha value is -2.28. The lowest BCUT2D eigenvalue weighted by Gasteiger charge is -2.19. The second kappa shape index (κ2) is 12.2. The first-order valence-corrected chi connectivity index (χ1v) is 9.07. The third-order valence-electron chi connectivity index (χ3n) is 4.13. The summed E-state index contributed by atoms with van der Waals surface area (Å²) in [5.41, 5.74) is 0. The topological polar surface area (TPSA) is 180 Å². The van der Waals surface area contributed by atoms with E-state index in [2.05, 4.69) is 10.6 Å². The molecule has 4 amide bonds. The number of hydroxylamine groups is 4. The first kappa shape index (κ1) is 23.8. The first-order chi connectivity index (χ1) is 13.2. The third kappa shape index (κ3) is 9.60. The number of carbonyl (C=O) groups is 4. The Balaban J connectivity index is 2.64. The Morgan fingerprint density at radius 1 is 0.679 bits per heavy atom. The Morgan fingerprint density at radius 2 is 1.04 bits per heavy atom. The van der Waals surface area contributed by atoms with Crippen molar-refractivity contribution in [3.05, 3.63) is 0 Å². The molecule has 0 aromatic rings. The van der Waals surface area contributed by atoms with Crippen LogP contribution in [0.3, 0.4) is 0 Å². The fourth-order valence-electron chi connectivity index (χ4n) is 2.34. The summed E-state index contributed by atoms with van der Waals surface area (Å²) in [4.78, 5) is 46.9. The minimum absolute atomic E-state index is 0.00967. The van der Waals surface area contributed by atoms with Crippen molar-refractivity contribution in [2.45, 2.75) is 50.7 Å². The summed E-state index contributed by atoms with van der Waals surface area (Å²) in [6, 6.07) is 0. The maximum Gasteiger partial charge on any atom is 0.246 e. The highest BCUT2D eigenvalue weighted by Crippen LogP contribution is 2.02. The number of aliphatic hydroxyl groups excluding tert-OH is 2. The minimum atomic E-state index is -1.02. The van der Waals surface area contributed by atoms with E-state index in [1.165, 1.54) is 0 Å². The number of carbonyl (C=O) groups excluding carboxylic acids is 4. The molecule has 28 heavy (non-hydrogen) atoms. The average Bonchev–Trinajstić information content (AvgIpc) is 2.68. The highest BCUT2D eigenvalue weighted by atomic mass is 16.5. The summed E-state index contributed by atoms with van der Waals surface area (Å²) >= 11 is 0. The summed E-state index contributed by atoms with van der Waals surface area (Å²) in [5, 5.41) is 44.5. The quantitative estimate of drug-likeness (QED) is 0.245. The number of aliphatic hydroxyl groups is 2. The van der Waals surface area contributed by atoms with Crippen molar-refractivity contribution in [3.63, 3.8) is 0 Å². The van der Waals surface area contributed by atoms with Gasteiger partial charge in [-0.15, -0.1) is 0 Å². The second-order valence-electron chi connectivity index (χ2n) is 6.53. The number of amides is 4. The maximum absolute atomic E-state index is 11.8. The largest absolute Gasteiger partial charge is 0.391 e. The smallest absolute Gasteiger partial charge is 0.246 e. The molecule has 1 saturated heterocycles. The summed E-state index contributed by atoms with van der Waals surface area (Å²) in [6.45, 7) is -0.638. The van der Waals surface area contributed by atoms with Crippen LogP contribution in [0.2, 0.25) is 0 Å². The fourth-order valence-corrected chi connectivity index (χ4v) is 2.34. The zero-order chi connectivity index (χ0) is 21.1. The standard InChI is InChI=1S/C16H28N4O8/c21-11-6-8-20(28)16(26)4-2-14(24)18-10-12(22)5-7-19(27)15(25)3-1-13(23)17-9-11/h11-12,21-22,27-28H,1-10H2,(H,17,23)(H,18,24). The van der Waals surface area contributed by atoms with Crippen LogP contribution < -0.4 is 10.6 Å². The molecule has 1 aliphatic rings. The molecule has 0 spiro atoms. The zero-order valence-electron chi connectivity index (χ0n) is 15.5. The van der Waals surface area contributed by atoms with Gasteiger partial charge in [-0.3, -0.25) is 29.6 Å². The number of nitrogens with one attached hydrogen (secondary N) is 2. The number of rotatable bonds is 0. The van der Waals surface area contributed by atoms with Gasteiger partial charge in [-0.05, 0) is 12.8 Å². The molecule has 0 radical (unpaired) electrons. The molecule has 1 fully saturated rings. The van der Waals surface area contributed by atoms with Crippen LogP contribution >= 0.6 is 0 Å². The predicted molar refractivity (Wildman–Crippen MR) is 92.7 cm³/mol. The molecule has 0 aromatic heterocycles. The van der Waals surface area contributed by atoms with E-state index in [0.717, 1.165) is 0 Å². The monoisotopic (exact) mass is 404 g/mol. The predicted octanol–water partition coefficient (Wildman–Crippen LogP) is -2.27. The van der Waals surface area contributed by atoms with Crippen LogP contribution in [-0.2, 0) is 19.2 Å². The van der Waals surface area contributed by atoms with Crippen LogP contribution in [-0.4, -0.2) is 92.8 Å². The molecule has 1 aliphatic heterocycles. The summed E-state index contributed by atoms with van der Waals surface area (Å²) < 4.78 is 0. The molecule has 6 N–H and O–H groups in total. The van der Waals surface area contributed by atoms with E-state index < -0.39 is 35.8 Å². The SMILES string of the molecule is O=C1CCC(=O)N(O)CCC(O)CNC(=O)CCC(=O)N(O)CCC(O)CN1. The molecule has 1 heterocycles. The van der Waals surface area contributed by atoms with Crippen LogP contribution in [0.15, 0.2) is 0 Å². The number of hydrogen-bond donors (Lipinski definition) is 6. The Labute approximate surface area is 162 Å². The number of β-amino-alcohol motifs (C(OH)–C–C–N with tert-alkyl or cyclic N) is 2. The molecule has 0 aromatic carbocycles. The Morgan fingerprint density at radius 3 is 1.39 bits per heavy atom. The highest BCUT2D eigenvalue weighted by molar-refractivity contribution is 5.83. The van der Waals surface area contributed by atoms with Crippen LogP contribution in [0.4, 0.5) is 0 Å². The van der Waals surface area contributed by atoms with Crippen molar-refractivity contribution in [3.8, 4) is 0 Å². The van der Waals surface area contributed by atoms with E-state index >= 15 is 0 Å². The van der Waals surface area contributed by atoms with Crippen molar-refractivity contribution in [2.75, 3.05) is 26.2 Å². The van der Waals surface area contributed by atoms with Crippen molar-refractivity contribution < 1.29 is 39.8 Å². The lowest BCUT2D eigenvalue weighted by Crippen LogP contribution is -2.38. The fraction of sp³-hybridized carbons (Fsp3) is 0.750. The summed E-state index contributed by atoms with van der Waals surface area (Å²) in [7, 11) is 0. The zero-order valence-corrected chi connectivity index (χ0v) is 15.5. The van der Waals surface area contributed by atoms with Gasteiger partial charge in [-0.25, -0.2) is 10.1 Å². The van der Waals surface area contributed by atoms with Gasteiger partial charge in [0.2, 0.25) is 23.6 Å². The molecule has 0 saturated carbocycles. The van der Waals surface area contributed by atoms with Crippen LogP contribution in [0.25, 0.3) is 0 Å². The lowest BCUT2D eigenvalue weighted by molar-refractivity contribution is -0.167. The van der Waals surface area contributed by atoms with E-state index in [-0.39, 0.29) is 64.7 Å². The average molecular weight is 404 g/mol. The van der Waals surface area contributed by atoms with Gasteiger partial charge in [0, 0.05) is 38.8 Å². The Bertz CT molecular complexity index is 511. The van der Waals surface area contributed by atoms with Gasteiger partial charge in [0.15, 0.2) is 0 Å². The summed E-state index contributed by atoms with van der Waals surface area (Å²) in [6.07, 6.45) is -2.99. The highest BCUT2D eigenvalue weighted by Gasteiger charge is 2.18. The van der Waals surface area contributed by atoms with E-state index in [1.54, 1.807) is 0 Å². The molecule has 2 atom stereocenters. The second-order valence-corrected chi connectivity index (χ2v) is 6.53. The van der Waals surface area contributed by atoms with E-state index in [1.807, 2.05) is 0 Å². The van der Waals surface area contributed by atoms with Crippen LogP contribution in [0.1, 0.15) is 38.5 Å². The molecule has 12 nitrogen and oxygen atoms in total. The lowest BCUT2D eigenvalue weighted by atomic mass is 10.2. The van der Waals surface area contributed by atoms with Crippen LogP contribution in [0, 0.1) is 0 Å². The van der Waals surface area contributed by atoms with E-state index in [0.29, 0.717) is 10.1 Å². The number of hydrogen-bond acceptors (Lipinski definition) is 8. The van der Waals surface area contributed by atoms with Gasteiger partial charge in [0.1, 0.15) is 0 Å². The maximum atomic E-state index is 11.8. The van der Waals surface area contributed by atoms with Gasteiger partial charge in [-0.1, -0.05) is 0 Å². The molecular weight excluding hydrogens is 376 g/mol. The van der Waals surface area contributed by atoms with E-state index in [9.17, 15) is 39.8 Å². The van der Waals surface area contributed by atoms with Crippen molar-refractivity contribution in [1.82, 2.24) is 20.8 Å². The molecule has 160 valence electrons. The minimum Gasteiger partial charge on any atom is -0.391 e. The normalized spacial score (nSPS) is 25.9. The van der Waals surface area contributed by atoms with Gasteiger partial charge in [0.05, 0.1) is 25.3 Å². The van der Waals surface area contributed by atoms with Crippen molar-refractivity contribution in [2.24, 2.45) is 0 Å². The molecule has 0 aliphatic carbocycles. The molecule has 12 heteroatoms. The van der Waals surface area contributed by atoms with Gasteiger partial charge < -0.3 is 20.8 Å². The third-order valence-corrected chi connectivity index (χ3v) is 4.13. The van der Waals surface area contributed by atoms with Gasteiger partial charge in [0.25, 0.3) is 0 Å². The Kier molecular flexibility index (Phi) is 10.4. The first-order valence-electron chi connectivity index (χ1n) is 9.07. The molecular formula is C16H28N4O8.